The zero-order valence-corrected chi connectivity index (χ0v) is 11.8. The molecule has 22 heavy (non-hydrogen) atoms. The van der Waals surface area contributed by atoms with E-state index >= 15 is 0 Å². The molecule has 0 aliphatic carbocycles. The third-order valence-electron chi connectivity index (χ3n) is 3.39. The highest BCUT2D eigenvalue weighted by atomic mass is 16.5. The number of phenols is 1. The van der Waals surface area contributed by atoms with Gasteiger partial charge in [-0.3, -0.25) is 9.59 Å². The highest BCUT2D eigenvalue weighted by Gasteiger charge is 2.25. The second-order valence-electron chi connectivity index (χ2n) is 4.84. The van der Waals surface area contributed by atoms with E-state index in [9.17, 15) is 14.7 Å². The van der Waals surface area contributed by atoms with E-state index in [4.69, 9.17) is 4.74 Å². The Bertz CT molecular complexity index is 808. The molecule has 0 amide bonds. The van der Waals surface area contributed by atoms with Gasteiger partial charge in [-0.2, -0.15) is 0 Å². The van der Waals surface area contributed by atoms with Gasteiger partial charge in [-0.05, 0) is 24.3 Å². The fourth-order valence-electron chi connectivity index (χ4n) is 2.27. The van der Waals surface area contributed by atoms with Gasteiger partial charge in [-0.15, -0.1) is 0 Å². The summed E-state index contributed by atoms with van der Waals surface area (Å²) < 4.78 is 5.08. The molecule has 0 unspecified atom stereocenters. The lowest BCUT2D eigenvalue weighted by atomic mass is 10.1. The number of hydrogen-bond donors (Lipinski definition) is 2. The molecule has 0 spiro atoms. The van der Waals surface area contributed by atoms with Gasteiger partial charge in [0.1, 0.15) is 11.5 Å². The maximum absolute atomic E-state index is 12.3. The fraction of sp³-hybridized carbons (Fsp3) is 0.0588. The van der Waals surface area contributed by atoms with Crippen molar-refractivity contribution in [2.45, 2.75) is 0 Å². The lowest BCUT2D eigenvalue weighted by molar-refractivity contribution is 0.101. The Labute approximate surface area is 126 Å². The Balaban J connectivity index is 1.90. The number of benzene rings is 2. The Hall–Kier alpha value is -3.08. The van der Waals surface area contributed by atoms with Crippen LogP contribution in [0.1, 0.15) is 20.7 Å². The van der Waals surface area contributed by atoms with E-state index in [0.29, 0.717) is 22.6 Å². The van der Waals surface area contributed by atoms with Crippen LogP contribution in [0.2, 0.25) is 0 Å². The van der Waals surface area contributed by atoms with Crippen molar-refractivity contribution in [1.29, 1.82) is 0 Å². The number of methoxy groups -OCH3 is 1. The molecule has 1 heterocycles. The predicted molar refractivity (Wildman–Crippen MR) is 81.5 cm³/mol. The molecule has 0 aromatic heterocycles. The molecule has 1 aliphatic heterocycles. The summed E-state index contributed by atoms with van der Waals surface area (Å²) in [5.41, 5.74) is 1.55. The van der Waals surface area contributed by atoms with Crippen LogP contribution >= 0.6 is 0 Å². The van der Waals surface area contributed by atoms with Crippen LogP contribution in [0.15, 0.2) is 54.2 Å². The number of ether oxygens (including phenoxy) is 1. The molecule has 0 saturated carbocycles. The molecule has 2 aromatic rings. The summed E-state index contributed by atoms with van der Waals surface area (Å²) in [5.74, 6) is 0.0561. The number of ketones is 2. The number of rotatable bonds is 3. The van der Waals surface area contributed by atoms with Crippen molar-refractivity contribution < 1.29 is 19.4 Å². The van der Waals surface area contributed by atoms with Crippen LogP contribution in [0.25, 0.3) is 0 Å². The number of carbonyl (C=O) groups excluding carboxylic acids is 2. The quantitative estimate of drug-likeness (QED) is 0.672. The zero-order chi connectivity index (χ0) is 15.7. The third-order valence-corrected chi connectivity index (χ3v) is 3.39. The number of carbonyl (C=O) groups is 2. The summed E-state index contributed by atoms with van der Waals surface area (Å²) in [4.78, 5) is 24.5. The maximum Gasteiger partial charge on any atom is 0.211 e. The van der Waals surface area contributed by atoms with Gasteiger partial charge in [0.2, 0.25) is 5.78 Å². The SMILES string of the molecule is COc1cccc(C(=O)/C=C2/Nc3cc(O)ccc3C2=O)c1. The van der Waals surface area contributed by atoms with E-state index in [0.717, 1.165) is 0 Å². The molecule has 0 bridgehead atoms. The first-order valence-corrected chi connectivity index (χ1v) is 6.63. The number of Topliss-reactive ketones (excluding diaryl/α,β-unsaturated/α-hetero) is 1. The largest absolute Gasteiger partial charge is 0.508 e. The van der Waals surface area contributed by atoms with E-state index < -0.39 is 0 Å². The molecule has 3 rings (SSSR count). The van der Waals surface area contributed by atoms with Gasteiger partial charge in [-0.25, -0.2) is 0 Å². The lowest BCUT2D eigenvalue weighted by Gasteiger charge is -2.02. The highest BCUT2D eigenvalue weighted by molar-refractivity contribution is 6.22. The average molecular weight is 295 g/mol. The number of anilines is 1. The summed E-state index contributed by atoms with van der Waals surface area (Å²) in [6.45, 7) is 0. The average Bonchev–Trinajstić information content (AvgIpc) is 2.82. The Kier molecular flexibility index (Phi) is 3.39. The van der Waals surface area contributed by atoms with E-state index in [1.165, 1.54) is 31.4 Å². The molecule has 110 valence electrons. The number of phenolic OH excluding ortho intramolecular Hbond substituents is 1. The Morgan fingerprint density at radius 3 is 2.82 bits per heavy atom. The van der Waals surface area contributed by atoms with Crippen molar-refractivity contribution >= 4 is 17.3 Å². The van der Waals surface area contributed by atoms with Crippen molar-refractivity contribution in [3.63, 3.8) is 0 Å². The topological polar surface area (TPSA) is 75.6 Å². The number of allylic oxidation sites excluding steroid dienone is 2. The van der Waals surface area contributed by atoms with Gasteiger partial charge in [0.25, 0.3) is 0 Å². The summed E-state index contributed by atoms with van der Waals surface area (Å²) in [7, 11) is 1.52. The van der Waals surface area contributed by atoms with Crippen LogP contribution in [-0.2, 0) is 0 Å². The first kappa shape index (κ1) is 13.9. The summed E-state index contributed by atoms with van der Waals surface area (Å²) in [5, 5.41) is 12.3. The van der Waals surface area contributed by atoms with Gasteiger partial charge in [0.15, 0.2) is 5.78 Å². The van der Waals surface area contributed by atoms with Crippen molar-refractivity contribution in [2.24, 2.45) is 0 Å². The minimum Gasteiger partial charge on any atom is -0.508 e. The van der Waals surface area contributed by atoms with Crippen molar-refractivity contribution in [1.82, 2.24) is 0 Å². The van der Waals surface area contributed by atoms with Gasteiger partial charge in [0, 0.05) is 23.3 Å². The fourth-order valence-corrected chi connectivity index (χ4v) is 2.27. The normalized spacial score (nSPS) is 14.6. The molecule has 0 fully saturated rings. The number of hydrogen-bond acceptors (Lipinski definition) is 5. The summed E-state index contributed by atoms with van der Waals surface area (Å²) in [6.07, 6.45) is 1.26. The second kappa shape index (κ2) is 5.37. The standard InChI is InChI=1S/C17H13NO4/c1-22-12-4-2-3-10(7-12)16(20)9-15-17(21)13-6-5-11(19)8-14(13)18-15/h2-9,18-19H,1H3/b15-9+. The summed E-state index contributed by atoms with van der Waals surface area (Å²) >= 11 is 0. The van der Waals surface area contributed by atoms with Gasteiger partial charge in [-0.1, -0.05) is 12.1 Å². The van der Waals surface area contributed by atoms with E-state index in [2.05, 4.69) is 5.32 Å². The molecule has 5 nitrogen and oxygen atoms in total. The number of nitrogens with one attached hydrogen (secondary N) is 1. The van der Waals surface area contributed by atoms with Gasteiger partial charge >= 0.3 is 0 Å². The smallest absolute Gasteiger partial charge is 0.211 e. The lowest BCUT2D eigenvalue weighted by Crippen LogP contribution is -2.05. The van der Waals surface area contributed by atoms with Crippen molar-refractivity contribution in [2.75, 3.05) is 12.4 Å². The predicted octanol–water partition coefficient (Wildman–Crippen LogP) is 2.78. The molecule has 1 aliphatic rings. The first-order chi connectivity index (χ1) is 10.6. The molecule has 2 aromatic carbocycles. The van der Waals surface area contributed by atoms with Crippen LogP contribution in [0.3, 0.4) is 0 Å². The maximum atomic E-state index is 12.3. The second-order valence-corrected chi connectivity index (χ2v) is 4.84. The molecule has 0 atom stereocenters. The van der Waals surface area contributed by atoms with E-state index in [1.807, 2.05) is 0 Å². The zero-order valence-electron chi connectivity index (χ0n) is 11.8. The molecule has 2 N–H and O–H groups in total. The first-order valence-electron chi connectivity index (χ1n) is 6.63. The minimum atomic E-state index is -0.299. The summed E-state index contributed by atoms with van der Waals surface area (Å²) in [6, 6.07) is 11.1. The number of aromatic hydroxyl groups is 1. The van der Waals surface area contributed by atoms with Gasteiger partial charge < -0.3 is 15.2 Å². The van der Waals surface area contributed by atoms with Crippen LogP contribution in [0.5, 0.6) is 11.5 Å². The molecular weight excluding hydrogens is 282 g/mol. The Morgan fingerprint density at radius 2 is 2.05 bits per heavy atom. The Morgan fingerprint density at radius 1 is 1.23 bits per heavy atom. The van der Waals surface area contributed by atoms with E-state index in [-0.39, 0.29) is 23.0 Å². The minimum absolute atomic E-state index is 0.0550. The molecular formula is C17H13NO4. The van der Waals surface area contributed by atoms with E-state index in [1.54, 1.807) is 24.3 Å². The van der Waals surface area contributed by atoms with Crippen LogP contribution in [0.4, 0.5) is 5.69 Å². The third kappa shape index (κ3) is 2.44. The highest BCUT2D eigenvalue weighted by Crippen LogP contribution is 2.31. The van der Waals surface area contributed by atoms with Gasteiger partial charge in [0.05, 0.1) is 18.5 Å². The van der Waals surface area contributed by atoms with Crippen molar-refractivity contribution in [3.05, 3.63) is 65.4 Å². The molecule has 0 saturated heterocycles. The van der Waals surface area contributed by atoms with Crippen molar-refractivity contribution in [3.8, 4) is 11.5 Å². The van der Waals surface area contributed by atoms with Crippen LogP contribution in [0, 0.1) is 0 Å². The molecule has 0 radical (unpaired) electrons. The van der Waals surface area contributed by atoms with Crippen LogP contribution < -0.4 is 10.1 Å². The van der Waals surface area contributed by atoms with Crippen LogP contribution in [-0.4, -0.2) is 23.8 Å². The number of fused-ring (bicyclic) bond motifs is 1. The molecule has 5 heteroatoms. The monoisotopic (exact) mass is 295 g/mol.